The van der Waals surface area contributed by atoms with E-state index in [2.05, 4.69) is 10.6 Å². The van der Waals surface area contributed by atoms with Crippen LogP contribution in [0.25, 0.3) is 0 Å². The average molecular weight is 292 g/mol. The molecule has 0 aliphatic carbocycles. The van der Waals surface area contributed by atoms with Gasteiger partial charge < -0.3 is 25.7 Å². The van der Waals surface area contributed by atoms with E-state index in [0.29, 0.717) is 0 Å². The Balaban J connectivity index is 4.96. The fourth-order valence-electron chi connectivity index (χ4n) is 1.63. The Morgan fingerprint density at radius 1 is 0.750 bits per heavy atom. The van der Waals surface area contributed by atoms with Crippen LogP contribution in [0.3, 0.4) is 0 Å². The second-order valence-electron chi connectivity index (χ2n) is 4.17. The Morgan fingerprint density at radius 2 is 1.20 bits per heavy atom. The van der Waals surface area contributed by atoms with Crippen LogP contribution in [0.4, 0.5) is 0 Å². The van der Waals surface area contributed by atoms with Crippen molar-refractivity contribution < 1.29 is 39.6 Å². The molecule has 0 fully saturated rings. The zero-order chi connectivity index (χ0) is 15.8. The third-order valence-electron chi connectivity index (χ3n) is 2.33. The predicted molar refractivity (Wildman–Crippen MR) is 63.4 cm³/mol. The Morgan fingerprint density at radius 3 is 1.55 bits per heavy atom. The highest BCUT2D eigenvalue weighted by Crippen LogP contribution is 2.15. The first-order valence-electron chi connectivity index (χ1n) is 5.50. The average Bonchev–Trinajstić information content (AvgIpc) is 2.24. The Bertz CT molecular complexity index is 379. The van der Waals surface area contributed by atoms with Crippen molar-refractivity contribution in [3.63, 3.8) is 0 Å². The zero-order valence-electron chi connectivity index (χ0n) is 10.5. The monoisotopic (exact) mass is 292 g/mol. The van der Waals surface area contributed by atoms with Crippen LogP contribution in [0.1, 0.15) is 12.8 Å². The summed E-state index contributed by atoms with van der Waals surface area (Å²) in [4.78, 5) is 42.5. The molecule has 0 radical (unpaired) electrons. The highest BCUT2D eigenvalue weighted by Gasteiger charge is 2.35. The lowest BCUT2D eigenvalue weighted by atomic mass is 9.90. The van der Waals surface area contributed by atoms with Gasteiger partial charge in [0.2, 0.25) is 0 Å². The third-order valence-corrected chi connectivity index (χ3v) is 2.33. The molecule has 0 spiro atoms. The third kappa shape index (κ3) is 8.00. The molecule has 10 heteroatoms. The molecule has 0 amide bonds. The van der Waals surface area contributed by atoms with E-state index in [1.807, 2.05) is 0 Å². The Kier molecular flexibility index (Phi) is 7.18. The number of carbonyl (C=O) groups is 4. The first-order valence-corrected chi connectivity index (χ1v) is 5.50. The van der Waals surface area contributed by atoms with Crippen molar-refractivity contribution in [1.29, 1.82) is 0 Å². The molecule has 0 aromatic carbocycles. The van der Waals surface area contributed by atoms with E-state index in [1.165, 1.54) is 0 Å². The number of hydrogen-bond donors (Lipinski definition) is 6. The molecule has 0 aliphatic rings. The predicted octanol–water partition coefficient (Wildman–Crippen LogP) is -1.98. The van der Waals surface area contributed by atoms with Crippen molar-refractivity contribution in [1.82, 2.24) is 10.6 Å². The number of nitrogens with one attached hydrogen (secondary N) is 2. The molecule has 20 heavy (non-hydrogen) atoms. The van der Waals surface area contributed by atoms with E-state index < -0.39 is 55.3 Å². The van der Waals surface area contributed by atoms with Crippen LogP contribution >= 0.6 is 0 Å². The summed E-state index contributed by atoms with van der Waals surface area (Å²) in [6.07, 6.45) is -1.33. The van der Waals surface area contributed by atoms with Crippen LogP contribution in [0, 0.1) is 0 Å². The fraction of sp³-hybridized carbons (Fsp3) is 0.600. The molecule has 0 aliphatic heterocycles. The van der Waals surface area contributed by atoms with E-state index >= 15 is 0 Å². The van der Waals surface area contributed by atoms with E-state index in [9.17, 15) is 19.2 Å². The first kappa shape index (κ1) is 17.8. The van der Waals surface area contributed by atoms with Crippen LogP contribution in [-0.2, 0) is 19.2 Å². The first-order chi connectivity index (χ1) is 9.17. The maximum Gasteiger partial charge on any atom is 0.317 e. The summed E-state index contributed by atoms with van der Waals surface area (Å²) in [7, 11) is 0. The van der Waals surface area contributed by atoms with E-state index in [0.717, 1.165) is 0 Å². The molecule has 0 aromatic heterocycles. The van der Waals surface area contributed by atoms with Crippen LogP contribution < -0.4 is 10.6 Å². The van der Waals surface area contributed by atoms with Gasteiger partial charge in [-0.25, -0.2) is 0 Å². The minimum Gasteiger partial charge on any atom is -0.481 e. The SMILES string of the molecule is O=C(O)CNCC(CC(=O)O)(CC(=O)O)NCC(=O)O. The number of carboxylic acid groups (broad SMARTS) is 4. The lowest BCUT2D eigenvalue weighted by Gasteiger charge is -2.31. The molecule has 0 saturated carbocycles. The van der Waals surface area contributed by atoms with Gasteiger partial charge in [-0.1, -0.05) is 0 Å². The second-order valence-corrected chi connectivity index (χ2v) is 4.17. The van der Waals surface area contributed by atoms with Crippen molar-refractivity contribution >= 4 is 23.9 Å². The van der Waals surface area contributed by atoms with Crippen molar-refractivity contribution in [3.8, 4) is 0 Å². The van der Waals surface area contributed by atoms with Gasteiger partial charge in [0, 0.05) is 6.54 Å². The quantitative estimate of drug-likeness (QED) is 0.250. The van der Waals surface area contributed by atoms with Gasteiger partial charge >= 0.3 is 23.9 Å². The highest BCUT2D eigenvalue weighted by molar-refractivity contribution is 5.74. The second kappa shape index (κ2) is 8.07. The fourth-order valence-corrected chi connectivity index (χ4v) is 1.63. The number of hydrogen-bond acceptors (Lipinski definition) is 6. The summed E-state index contributed by atoms with van der Waals surface area (Å²) in [5.41, 5.74) is -1.59. The van der Waals surface area contributed by atoms with Crippen molar-refractivity contribution in [3.05, 3.63) is 0 Å². The van der Waals surface area contributed by atoms with Crippen LogP contribution in [-0.4, -0.2) is 69.5 Å². The van der Waals surface area contributed by atoms with Crippen molar-refractivity contribution in [2.75, 3.05) is 19.6 Å². The summed E-state index contributed by atoms with van der Waals surface area (Å²) >= 11 is 0. The maximum absolute atomic E-state index is 10.8. The standard InChI is InChI=1S/C10H16N2O8/c13-6(14)1-10(2-7(15)16,12-4-9(19)20)5-11-3-8(17)18/h11-12H,1-5H2,(H,13,14)(H,15,16)(H,17,18)(H,19,20). The molecule has 6 N–H and O–H groups in total. The summed E-state index contributed by atoms with van der Waals surface area (Å²) < 4.78 is 0. The molecule has 0 saturated heterocycles. The Labute approximate surface area is 113 Å². The van der Waals surface area contributed by atoms with Crippen LogP contribution in [0.2, 0.25) is 0 Å². The van der Waals surface area contributed by atoms with Gasteiger partial charge in [0.15, 0.2) is 0 Å². The zero-order valence-corrected chi connectivity index (χ0v) is 10.5. The van der Waals surface area contributed by atoms with Gasteiger partial charge in [-0.05, 0) is 0 Å². The lowest BCUT2D eigenvalue weighted by Crippen LogP contribution is -2.56. The van der Waals surface area contributed by atoms with Gasteiger partial charge in [-0.2, -0.15) is 0 Å². The molecule has 0 heterocycles. The number of carboxylic acids is 4. The smallest absolute Gasteiger partial charge is 0.317 e. The minimum atomic E-state index is -1.59. The van der Waals surface area contributed by atoms with Gasteiger partial charge in [-0.15, -0.1) is 0 Å². The van der Waals surface area contributed by atoms with Gasteiger partial charge in [-0.3, -0.25) is 24.5 Å². The summed E-state index contributed by atoms with van der Waals surface area (Å²) in [5, 5.41) is 39.4. The van der Waals surface area contributed by atoms with Crippen LogP contribution in [0.15, 0.2) is 0 Å². The molecular weight excluding hydrogens is 276 g/mol. The summed E-state index contributed by atoms with van der Waals surface area (Å²) in [5.74, 6) is -5.16. The molecule has 0 bridgehead atoms. The number of aliphatic carboxylic acids is 4. The van der Waals surface area contributed by atoms with Crippen LogP contribution in [0.5, 0.6) is 0 Å². The van der Waals surface area contributed by atoms with E-state index in [-0.39, 0.29) is 6.54 Å². The molecule has 0 atom stereocenters. The summed E-state index contributed by atoms with van der Waals surface area (Å²) in [6, 6.07) is 0. The number of rotatable bonds is 11. The lowest BCUT2D eigenvalue weighted by molar-refractivity contribution is -0.144. The molecular formula is C10H16N2O8. The highest BCUT2D eigenvalue weighted by atomic mass is 16.4. The van der Waals surface area contributed by atoms with Crippen molar-refractivity contribution in [2.24, 2.45) is 0 Å². The molecule has 0 unspecified atom stereocenters. The molecule has 0 aromatic rings. The molecule has 0 rings (SSSR count). The van der Waals surface area contributed by atoms with Gasteiger partial charge in [0.25, 0.3) is 0 Å². The largest absolute Gasteiger partial charge is 0.481 e. The normalized spacial score (nSPS) is 11.0. The minimum absolute atomic E-state index is 0.314. The molecule has 10 nitrogen and oxygen atoms in total. The maximum atomic E-state index is 10.8. The summed E-state index contributed by atoms with van der Waals surface area (Å²) in [6.45, 7) is -1.46. The van der Waals surface area contributed by atoms with Gasteiger partial charge in [0.05, 0.1) is 31.5 Å². The van der Waals surface area contributed by atoms with Gasteiger partial charge in [0.1, 0.15) is 0 Å². The molecule has 114 valence electrons. The topological polar surface area (TPSA) is 173 Å². The van der Waals surface area contributed by atoms with E-state index in [4.69, 9.17) is 20.4 Å². The Hall–Kier alpha value is -2.20. The van der Waals surface area contributed by atoms with E-state index in [1.54, 1.807) is 0 Å². The van der Waals surface area contributed by atoms with Crippen molar-refractivity contribution in [2.45, 2.75) is 18.4 Å².